The van der Waals surface area contributed by atoms with E-state index in [1.54, 1.807) is 13.8 Å². The molecule has 1 aromatic rings. The van der Waals surface area contributed by atoms with Crippen LogP contribution in [0.15, 0.2) is 23.8 Å². The van der Waals surface area contributed by atoms with Crippen molar-refractivity contribution in [3.05, 3.63) is 46.8 Å². The molecular formula is C11H11F3O. The lowest BCUT2D eigenvalue weighted by Gasteiger charge is -2.09. The molecule has 0 saturated carbocycles. The lowest BCUT2D eigenvalue weighted by Crippen LogP contribution is -2.03. The van der Waals surface area contributed by atoms with Crippen LogP contribution in [0.3, 0.4) is 0 Å². The maximum Gasteiger partial charge on any atom is 0.135 e. The molecule has 1 atom stereocenters. The number of rotatable bonds is 2. The van der Waals surface area contributed by atoms with Gasteiger partial charge in [-0.05, 0) is 13.8 Å². The van der Waals surface area contributed by atoms with Gasteiger partial charge in [0.15, 0.2) is 0 Å². The van der Waals surface area contributed by atoms with Crippen molar-refractivity contribution in [3.63, 3.8) is 0 Å². The lowest BCUT2D eigenvalue weighted by molar-refractivity contribution is 0.216. The Balaban J connectivity index is 3.20. The molecule has 15 heavy (non-hydrogen) atoms. The number of aliphatic hydroxyl groups is 1. The Morgan fingerprint density at radius 2 is 1.67 bits per heavy atom. The van der Waals surface area contributed by atoms with E-state index in [4.69, 9.17) is 0 Å². The van der Waals surface area contributed by atoms with Crippen LogP contribution >= 0.6 is 0 Å². The van der Waals surface area contributed by atoms with Crippen LogP contribution in [-0.4, -0.2) is 5.11 Å². The molecule has 4 heteroatoms. The van der Waals surface area contributed by atoms with Crippen LogP contribution in [0, 0.1) is 17.5 Å². The normalized spacial score (nSPS) is 12.4. The highest BCUT2D eigenvalue weighted by atomic mass is 19.1. The monoisotopic (exact) mass is 216 g/mol. The Hall–Kier alpha value is -1.29. The predicted octanol–water partition coefficient (Wildman–Crippen LogP) is 3.10. The molecule has 1 N–H and O–H groups in total. The van der Waals surface area contributed by atoms with Crippen LogP contribution in [-0.2, 0) is 0 Å². The molecule has 0 fully saturated rings. The summed E-state index contributed by atoms with van der Waals surface area (Å²) in [5.41, 5.74) is 0.184. The molecule has 0 amide bonds. The SMILES string of the molecule is CC(C)=CC(O)c1c(F)cc(F)cc1F. The Morgan fingerprint density at radius 1 is 1.20 bits per heavy atom. The average Bonchev–Trinajstić information content (AvgIpc) is 1.99. The van der Waals surface area contributed by atoms with E-state index in [9.17, 15) is 18.3 Å². The van der Waals surface area contributed by atoms with Gasteiger partial charge < -0.3 is 5.11 Å². The van der Waals surface area contributed by atoms with E-state index >= 15 is 0 Å². The van der Waals surface area contributed by atoms with Gasteiger partial charge in [-0.15, -0.1) is 0 Å². The van der Waals surface area contributed by atoms with Gasteiger partial charge in [0.1, 0.15) is 23.6 Å². The Morgan fingerprint density at radius 3 is 2.07 bits per heavy atom. The Bertz CT molecular complexity index is 372. The van der Waals surface area contributed by atoms with Gasteiger partial charge in [0.2, 0.25) is 0 Å². The molecule has 0 spiro atoms. The van der Waals surface area contributed by atoms with Crippen LogP contribution in [0.25, 0.3) is 0 Å². The summed E-state index contributed by atoms with van der Waals surface area (Å²) in [7, 11) is 0. The molecule has 1 rings (SSSR count). The minimum Gasteiger partial charge on any atom is -0.384 e. The highest BCUT2D eigenvalue weighted by Gasteiger charge is 2.17. The molecule has 0 heterocycles. The molecule has 1 aromatic carbocycles. The summed E-state index contributed by atoms with van der Waals surface area (Å²) in [5, 5.41) is 9.46. The highest BCUT2D eigenvalue weighted by molar-refractivity contribution is 5.26. The smallest absolute Gasteiger partial charge is 0.135 e. The fraction of sp³-hybridized carbons (Fsp3) is 0.273. The van der Waals surface area contributed by atoms with Crippen LogP contribution in [0.4, 0.5) is 13.2 Å². The third-order valence-electron chi connectivity index (χ3n) is 1.83. The first-order valence-electron chi connectivity index (χ1n) is 4.39. The number of allylic oxidation sites excluding steroid dienone is 1. The fourth-order valence-corrected chi connectivity index (χ4v) is 1.23. The molecule has 0 bridgehead atoms. The van der Waals surface area contributed by atoms with E-state index in [1.165, 1.54) is 6.08 Å². The van der Waals surface area contributed by atoms with Crippen molar-refractivity contribution < 1.29 is 18.3 Å². The number of aliphatic hydroxyl groups excluding tert-OH is 1. The summed E-state index contributed by atoms with van der Waals surface area (Å²) < 4.78 is 38.8. The molecule has 0 saturated heterocycles. The molecule has 0 radical (unpaired) electrons. The summed E-state index contributed by atoms with van der Waals surface area (Å²) in [6.45, 7) is 3.37. The van der Waals surface area contributed by atoms with Crippen molar-refractivity contribution in [1.82, 2.24) is 0 Å². The summed E-state index contributed by atoms with van der Waals surface area (Å²) in [6, 6.07) is 1.08. The van der Waals surface area contributed by atoms with Crippen LogP contribution in [0.5, 0.6) is 0 Å². The second kappa shape index (κ2) is 4.49. The van der Waals surface area contributed by atoms with Gasteiger partial charge in [-0.3, -0.25) is 0 Å². The van der Waals surface area contributed by atoms with Crippen molar-refractivity contribution in [2.75, 3.05) is 0 Å². The van der Waals surface area contributed by atoms with E-state index in [1.807, 2.05) is 0 Å². The third-order valence-corrected chi connectivity index (χ3v) is 1.83. The van der Waals surface area contributed by atoms with Gasteiger partial charge in [0.25, 0.3) is 0 Å². The average molecular weight is 216 g/mol. The predicted molar refractivity (Wildman–Crippen MR) is 50.7 cm³/mol. The standard InChI is InChI=1S/C11H11F3O/c1-6(2)3-10(15)11-8(13)4-7(12)5-9(11)14/h3-5,10,15H,1-2H3. The number of hydrogen-bond acceptors (Lipinski definition) is 1. The largest absolute Gasteiger partial charge is 0.384 e. The maximum atomic E-state index is 13.1. The Kier molecular flexibility index (Phi) is 3.52. The van der Waals surface area contributed by atoms with E-state index in [-0.39, 0.29) is 0 Å². The highest BCUT2D eigenvalue weighted by Crippen LogP contribution is 2.23. The quantitative estimate of drug-likeness (QED) is 0.753. The summed E-state index contributed by atoms with van der Waals surface area (Å²) >= 11 is 0. The minimum absolute atomic E-state index is 0.530. The number of hydrogen-bond donors (Lipinski definition) is 1. The van der Waals surface area contributed by atoms with Crippen LogP contribution in [0.2, 0.25) is 0 Å². The van der Waals surface area contributed by atoms with Gasteiger partial charge in [0.05, 0.1) is 5.56 Å². The van der Waals surface area contributed by atoms with Crippen molar-refractivity contribution in [2.45, 2.75) is 20.0 Å². The molecule has 0 aliphatic carbocycles. The van der Waals surface area contributed by atoms with Crippen LogP contribution < -0.4 is 0 Å². The first-order chi connectivity index (χ1) is 6.91. The molecule has 1 nitrogen and oxygen atoms in total. The lowest BCUT2D eigenvalue weighted by atomic mass is 10.1. The molecule has 0 aliphatic rings. The van der Waals surface area contributed by atoms with E-state index in [0.29, 0.717) is 17.7 Å². The maximum absolute atomic E-state index is 13.1. The molecular weight excluding hydrogens is 205 g/mol. The number of benzene rings is 1. The molecule has 0 aromatic heterocycles. The van der Waals surface area contributed by atoms with Gasteiger partial charge in [-0.2, -0.15) is 0 Å². The van der Waals surface area contributed by atoms with E-state index < -0.39 is 29.1 Å². The molecule has 1 unspecified atom stereocenters. The van der Waals surface area contributed by atoms with Crippen molar-refractivity contribution >= 4 is 0 Å². The van der Waals surface area contributed by atoms with Crippen LogP contribution in [0.1, 0.15) is 25.5 Å². The van der Waals surface area contributed by atoms with Crippen molar-refractivity contribution in [1.29, 1.82) is 0 Å². The second-order valence-electron chi connectivity index (χ2n) is 3.47. The van der Waals surface area contributed by atoms with E-state index in [2.05, 4.69) is 0 Å². The zero-order valence-corrected chi connectivity index (χ0v) is 8.39. The first kappa shape index (κ1) is 11.8. The van der Waals surface area contributed by atoms with Crippen molar-refractivity contribution in [3.8, 4) is 0 Å². The van der Waals surface area contributed by atoms with Gasteiger partial charge in [-0.25, -0.2) is 13.2 Å². The summed E-state index contributed by atoms with van der Waals surface area (Å²) in [6.07, 6.45) is -0.102. The van der Waals surface area contributed by atoms with E-state index in [0.717, 1.165) is 0 Å². The summed E-state index contributed by atoms with van der Waals surface area (Å²) in [5.74, 6) is -3.17. The van der Waals surface area contributed by atoms with Gasteiger partial charge in [0, 0.05) is 12.1 Å². The Labute approximate surface area is 85.9 Å². The zero-order chi connectivity index (χ0) is 11.6. The molecule has 0 aliphatic heterocycles. The third kappa shape index (κ3) is 2.83. The minimum atomic E-state index is -1.39. The summed E-state index contributed by atoms with van der Waals surface area (Å²) in [4.78, 5) is 0. The zero-order valence-electron chi connectivity index (χ0n) is 8.39. The second-order valence-corrected chi connectivity index (χ2v) is 3.47. The van der Waals surface area contributed by atoms with Gasteiger partial charge in [-0.1, -0.05) is 11.6 Å². The van der Waals surface area contributed by atoms with Crippen molar-refractivity contribution in [2.24, 2.45) is 0 Å². The number of halogens is 3. The topological polar surface area (TPSA) is 20.2 Å². The molecule has 82 valence electrons. The fourth-order valence-electron chi connectivity index (χ4n) is 1.23. The first-order valence-corrected chi connectivity index (χ1v) is 4.39. The van der Waals surface area contributed by atoms with Gasteiger partial charge >= 0.3 is 0 Å².